The number of carbonyl (C=O) groups excluding carboxylic acids is 3. The van der Waals surface area contributed by atoms with E-state index in [4.69, 9.17) is 14.2 Å². The molecule has 0 aromatic heterocycles. The van der Waals surface area contributed by atoms with Gasteiger partial charge in [0.15, 0.2) is 12.4 Å². The van der Waals surface area contributed by atoms with Gasteiger partial charge in [0, 0.05) is 12.7 Å². The first kappa shape index (κ1) is 16.0. The molecule has 1 aliphatic heterocycles. The lowest BCUT2D eigenvalue weighted by Gasteiger charge is -2.28. The molecule has 22 heavy (non-hydrogen) atoms. The number of anilines is 1. The van der Waals surface area contributed by atoms with Gasteiger partial charge in [0.25, 0.3) is 5.91 Å². The van der Waals surface area contributed by atoms with Gasteiger partial charge in [-0.25, -0.2) is 0 Å². The molecule has 0 bridgehead atoms. The van der Waals surface area contributed by atoms with Crippen molar-refractivity contribution >= 4 is 23.3 Å². The lowest BCUT2D eigenvalue weighted by atomic mass is 10.1. The molecule has 7 heteroatoms. The molecule has 1 aromatic carbocycles. The van der Waals surface area contributed by atoms with Crippen LogP contribution in [-0.4, -0.2) is 51.1 Å². The summed E-state index contributed by atoms with van der Waals surface area (Å²) in [7, 11) is 1.50. The number of benzene rings is 1. The fraction of sp³-hybridized carbons (Fsp3) is 0.400. The van der Waals surface area contributed by atoms with E-state index in [0.29, 0.717) is 17.0 Å². The van der Waals surface area contributed by atoms with Crippen LogP contribution in [0.15, 0.2) is 18.2 Å². The van der Waals surface area contributed by atoms with E-state index < -0.39 is 5.97 Å². The van der Waals surface area contributed by atoms with E-state index in [2.05, 4.69) is 0 Å². The number of hydrogen-bond acceptors (Lipinski definition) is 6. The maximum atomic E-state index is 12.0. The fourth-order valence-electron chi connectivity index (χ4n) is 2.01. The van der Waals surface area contributed by atoms with Crippen LogP contribution in [0.3, 0.4) is 0 Å². The third-order valence-corrected chi connectivity index (χ3v) is 3.15. The van der Waals surface area contributed by atoms with Crippen molar-refractivity contribution in [3.05, 3.63) is 23.8 Å². The summed E-state index contributed by atoms with van der Waals surface area (Å²) in [5.41, 5.74) is 0.836. The number of carbonyl (C=O) groups is 3. The number of ether oxygens (including phenoxy) is 3. The van der Waals surface area contributed by atoms with Crippen molar-refractivity contribution in [1.29, 1.82) is 0 Å². The molecular formula is C15H17NO6. The summed E-state index contributed by atoms with van der Waals surface area (Å²) in [4.78, 5) is 36.5. The van der Waals surface area contributed by atoms with E-state index in [9.17, 15) is 14.4 Å². The molecule has 0 radical (unpaired) electrons. The van der Waals surface area contributed by atoms with Gasteiger partial charge < -0.3 is 14.2 Å². The molecule has 1 heterocycles. The van der Waals surface area contributed by atoms with Gasteiger partial charge in [-0.3, -0.25) is 19.3 Å². The maximum Gasteiger partial charge on any atom is 0.326 e. The Balaban J connectivity index is 2.17. The normalized spacial score (nSPS) is 13.4. The van der Waals surface area contributed by atoms with Crippen LogP contribution in [-0.2, 0) is 19.1 Å². The highest BCUT2D eigenvalue weighted by molar-refractivity contribution is 6.03. The van der Waals surface area contributed by atoms with Crippen molar-refractivity contribution in [1.82, 2.24) is 0 Å². The predicted molar refractivity (Wildman–Crippen MR) is 77.1 cm³/mol. The van der Waals surface area contributed by atoms with Crippen LogP contribution in [0.4, 0.5) is 5.69 Å². The Morgan fingerprint density at radius 1 is 1.32 bits per heavy atom. The van der Waals surface area contributed by atoms with Crippen LogP contribution < -0.4 is 9.64 Å². The largest absolute Gasteiger partial charge is 0.482 e. The smallest absolute Gasteiger partial charge is 0.326 e. The third-order valence-electron chi connectivity index (χ3n) is 3.15. The Bertz CT molecular complexity index is 598. The first-order valence-electron chi connectivity index (χ1n) is 6.75. The van der Waals surface area contributed by atoms with E-state index in [1.807, 2.05) is 0 Å². The van der Waals surface area contributed by atoms with E-state index in [-0.39, 0.29) is 38.1 Å². The number of amides is 1. The van der Waals surface area contributed by atoms with Crippen LogP contribution in [0, 0.1) is 0 Å². The molecule has 0 atom stereocenters. The van der Waals surface area contributed by atoms with Crippen LogP contribution in [0.5, 0.6) is 5.75 Å². The van der Waals surface area contributed by atoms with Crippen molar-refractivity contribution in [2.75, 3.05) is 38.4 Å². The van der Waals surface area contributed by atoms with Crippen LogP contribution in [0.1, 0.15) is 17.3 Å². The average Bonchev–Trinajstić information content (AvgIpc) is 2.50. The van der Waals surface area contributed by atoms with Gasteiger partial charge in [-0.2, -0.15) is 0 Å². The van der Waals surface area contributed by atoms with E-state index in [1.54, 1.807) is 12.1 Å². The van der Waals surface area contributed by atoms with Crippen molar-refractivity contribution < 1.29 is 28.6 Å². The summed E-state index contributed by atoms with van der Waals surface area (Å²) >= 11 is 0. The number of fused-ring (bicyclic) bond motifs is 1. The fourth-order valence-corrected chi connectivity index (χ4v) is 2.01. The van der Waals surface area contributed by atoms with E-state index >= 15 is 0 Å². The Hall–Kier alpha value is -2.41. The standard InChI is InChI=1S/C15H17NO6/c1-10(17)11-3-4-13-12(7-11)16(14(18)9-22-13)8-15(19)21-6-5-20-2/h3-4,7H,5-6,8-9H2,1-2H3. The molecule has 0 fully saturated rings. The summed E-state index contributed by atoms with van der Waals surface area (Å²) in [5, 5.41) is 0. The number of esters is 1. The predicted octanol–water partition coefficient (Wildman–Crippen LogP) is 0.804. The molecular weight excluding hydrogens is 290 g/mol. The summed E-state index contributed by atoms with van der Waals surface area (Å²) < 4.78 is 15.1. The topological polar surface area (TPSA) is 82.1 Å². The van der Waals surface area contributed by atoms with Gasteiger partial charge >= 0.3 is 5.97 Å². The minimum absolute atomic E-state index is 0.119. The molecule has 0 unspecified atom stereocenters. The molecule has 7 nitrogen and oxygen atoms in total. The number of nitrogens with zero attached hydrogens (tertiary/aromatic N) is 1. The molecule has 2 rings (SSSR count). The van der Waals surface area contributed by atoms with Crippen molar-refractivity contribution in [2.45, 2.75) is 6.92 Å². The minimum Gasteiger partial charge on any atom is -0.482 e. The van der Waals surface area contributed by atoms with Crippen LogP contribution in [0.2, 0.25) is 0 Å². The van der Waals surface area contributed by atoms with E-state index in [0.717, 1.165) is 0 Å². The first-order valence-corrected chi connectivity index (χ1v) is 6.75. The molecule has 0 saturated heterocycles. The Labute approximate surface area is 127 Å². The number of ketones is 1. The number of Topliss-reactive ketones (excluding diaryl/α,β-unsaturated/α-hetero) is 1. The quantitative estimate of drug-likeness (QED) is 0.439. The second-order valence-electron chi connectivity index (χ2n) is 4.72. The van der Waals surface area contributed by atoms with E-state index in [1.165, 1.54) is 25.0 Å². The monoisotopic (exact) mass is 307 g/mol. The summed E-state index contributed by atoms with van der Waals surface area (Å²) in [6.07, 6.45) is 0. The molecule has 0 spiro atoms. The second kappa shape index (κ2) is 7.04. The zero-order valence-electron chi connectivity index (χ0n) is 12.5. The number of methoxy groups -OCH3 is 1. The van der Waals surface area contributed by atoms with Crippen molar-refractivity contribution in [2.24, 2.45) is 0 Å². The minimum atomic E-state index is -0.550. The SMILES string of the molecule is COCCOC(=O)CN1C(=O)COc2ccc(C(C)=O)cc21. The molecule has 0 N–H and O–H groups in total. The molecule has 1 aromatic rings. The highest BCUT2D eigenvalue weighted by Crippen LogP contribution is 2.33. The number of rotatable bonds is 6. The molecule has 1 amide bonds. The van der Waals surface area contributed by atoms with Gasteiger partial charge in [0.2, 0.25) is 0 Å². The average molecular weight is 307 g/mol. The zero-order chi connectivity index (χ0) is 16.1. The molecule has 1 aliphatic rings. The second-order valence-corrected chi connectivity index (χ2v) is 4.72. The molecule has 118 valence electrons. The maximum absolute atomic E-state index is 12.0. The molecule has 0 aliphatic carbocycles. The summed E-state index contributed by atoms with van der Waals surface area (Å²) in [5.74, 6) is -0.596. The Kier molecular flexibility index (Phi) is 5.11. The highest BCUT2D eigenvalue weighted by atomic mass is 16.6. The highest BCUT2D eigenvalue weighted by Gasteiger charge is 2.28. The Morgan fingerprint density at radius 2 is 2.09 bits per heavy atom. The van der Waals surface area contributed by atoms with Gasteiger partial charge in [-0.1, -0.05) is 0 Å². The Morgan fingerprint density at radius 3 is 2.77 bits per heavy atom. The van der Waals surface area contributed by atoms with Gasteiger partial charge in [-0.15, -0.1) is 0 Å². The van der Waals surface area contributed by atoms with Gasteiger partial charge in [0.1, 0.15) is 18.9 Å². The van der Waals surface area contributed by atoms with Crippen molar-refractivity contribution in [3.63, 3.8) is 0 Å². The van der Waals surface area contributed by atoms with Crippen LogP contribution >= 0.6 is 0 Å². The first-order chi connectivity index (χ1) is 10.5. The summed E-state index contributed by atoms with van der Waals surface area (Å²) in [6.45, 7) is 1.44. The third kappa shape index (κ3) is 3.62. The lowest BCUT2D eigenvalue weighted by molar-refractivity contribution is -0.144. The van der Waals surface area contributed by atoms with Gasteiger partial charge in [0.05, 0.1) is 12.3 Å². The zero-order valence-corrected chi connectivity index (χ0v) is 12.5. The van der Waals surface area contributed by atoms with Crippen LogP contribution in [0.25, 0.3) is 0 Å². The van der Waals surface area contributed by atoms with Crippen molar-refractivity contribution in [3.8, 4) is 5.75 Å². The number of hydrogen-bond donors (Lipinski definition) is 0. The van der Waals surface area contributed by atoms with Gasteiger partial charge in [-0.05, 0) is 25.1 Å². The molecule has 0 saturated carbocycles. The summed E-state index contributed by atoms with van der Waals surface area (Å²) in [6, 6.07) is 4.77. The lowest BCUT2D eigenvalue weighted by Crippen LogP contribution is -2.42.